The van der Waals surface area contributed by atoms with Crippen molar-refractivity contribution in [2.24, 2.45) is 0 Å². The van der Waals surface area contributed by atoms with Gasteiger partial charge < -0.3 is 0 Å². The van der Waals surface area contributed by atoms with Gasteiger partial charge in [0.15, 0.2) is 0 Å². The Balaban J connectivity index is 2.00. The highest BCUT2D eigenvalue weighted by Crippen LogP contribution is 2.36. The van der Waals surface area contributed by atoms with E-state index in [1.807, 2.05) is 0 Å². The monoisotopic (exact) mass is 308 g/mol. The standard InChI is InChI=1S/C24H20/c1-17-7-11-19(12-8-17)23-15-21-5-3-4-6-22(21)16-24(23)20-13-9-18(2)10-14-20/h3-16H,1-2H3. The van der Waals surface area contributed by atoms with E-state index in [2.05, 4.69) is 98.8 Å². The molecule has 0 heteroatoms. The summed E-state index contributed by atoms with van der Waals surface area (Å²) in [5, 5.41) is 2.56. The zero-order valence-electron chi connectivity index (χ0n) is 14.1. The maximum absolute atomic E-state index is 2.31. The van der Waals surface area contributed by atoms with Gasteiger partial charge in [-0.2, -0.15) is 0 Å². The molecular formula is C24H20. The van der Waals surface area contributed by atoms with Gasteiger partial charge in [-0.1, -0.05) is 83.9 Å². The SMILES string of the molecule is Cc1ccc(-c2cc3ccccc3cc2-c2ccc(C)cc2)cc1. The molecule has 0 N–H and O–H groups in total. The summed E-state index contributed by atoms with van der Waals surface area (Å²) >= 11 is 0. The molecule has 0 aromatic heterocycles. The van der Waals surface area contributed by atoms with Crippen LogP contribution < -0.4 is 0 Å². The Bertz CT molecular complexity index is 906. The van der Waals surface area contributed by atoms with E-state index in [4.69, 9.17) is 0 Å². The summed E-state index contributed by atoms with van der Waals surface area (Å²) in [4.78, 5) is 0. The van der Waals surface area contributed by atoms with E-state index < -0.39 is 0 Å². The number of rotatable bonds is 2. The lowest BCUT2D eigenvalue weighted by Crippen LogP contribution is -1.87. The van der Waals surface area contributed by atoms with Crippen molar-refractivity contribution in [2.75, 3.05) is 0 Å². The van der Waals surface area contributed by atoms with Crippen LogP contribution in [0.1, 0.15) is 11.1 Å². The Morgan fingerprint density at radius 3 is 1.21 bits per heavy atom. The molecule has 0 amide bonds. The first-order valence-corrected chi connectivity index (χ1v) is 8.37. The van der Waals surface area contributed by atoms with Gasteiger partial charge in [-0.25, -0.2) is 0 Å². The van der Waals surface area contributed by atoms with E-state index in [0.29, 0.717) is 0 Å². The molecular weight excluding hydrogens is 288 g/mol. The number of benzene rings is 4. The van der Waals surface area contributed by atoms with Crippen molar-refractivity contribution in [1.29, 1.82) is 0 Å². The molecule has 0 heterocycles. The van der Waals surface area contributed by atoms with Crippen LogP contribution in [0.2, 0.25) is 0 Å². The molecule has 4 aromatic rings. The van der Waals surface area contributed by atoms with Crippen LogP contribution >= 0.6 is 0 Å². The van der Waals surface area contributed by atoms with Gasteiger partial charge in [-0.05, 0) is 59.0 Å². The van der Waals surface area contributed by atoms with Gasteiger partial charge in [0, 0.05) is 0 Å². The van der Waals surface area contributed by atoms with Gasteiger partial charge in [0.25, 0.3) is 0 Å². The molecule has 0 saturated carbocycles. The molecule has 0 aliphatic rings. The molecule has 0 fully saturated rings. The summed E-state index contributed by atoms with van der Waals surface area (Å²) in [7, 11) is 0. The molecule has 0 unspecified atom stereocenters. The Labute approximate surface area is 143 Å². The molecule has 116 valence electrons. The molecule has 0 nitrogen and oxygen atoms in total. The van der Waals surface area contributed by atoms with Crippen molar-refractivity contribution < 1.29 is 0 Å². The highest BCUT2D eigenvalue weighted by atomic mass is 14.1. The topological polar surface area (TPSA) is 0 Å². The Morgan fingerprint density at radius 2 is 0.833 bits per heavy atom. The second-order valence-electron chi connectivity index (χ2n) is 6.48. The lowest BCUT2D eigenvalue weighted by molar-refractivity contribution is 1.46. The largest absolute Gasteiger partial charge is 0.0616 e. The first-order valence-electron chi connectivity index (χ1n) is 8.37. The first kappa shape index (κ1) is 14.7. The van der Waals surface area contributed by atoms with Crippen LogP contribution in [-0.2, 0) is 0 Å². The summed E-state index contributed by atoms with van der Waals surface area (Å²) < 4.78 is 0. The molecule has 0 saturated heterocycles. The van der Waals surface area contributed by atoms with E-state index in [-0.39, 0.29) is 0 Å². The van der Waals surface area contributed by atoms with Crippen LogP contribution in [-0.4, -0.2) is 0 Å². The predicted molar refractivity (Wildman–Crippen MR) is 104 cm³/mol. The lowest BCUT2D eigenvalue weighted by Gasteiger charge is -2.13. The normalized spacial score (nSPS) is 10.9. The first-order chi connectivity index (χ1) is 11.7. The molecule has 24 heavy (non-hydrogen) atoms. The van der Waals surface area contributed by atoms with Crippen molar-refractivity contribution in [1.82, 2.24) is 0 Å². The number of hydrogen-bond acceptors (Lipinski definition) is 0. The lowest BCUT2D eigenvalue weighted by atomic mass is 9.91. The fourth-order valence-corrected chi connectivity index (χ4v) is 3.18. The van der Waals surface area contributed by atoms with Crippen molar-refractivity contribution in [3.8, 4) is 22.3 Å². The highest BCUT2D eigenvalue weighted by molar-refractivity contribution is 5.96. The van der Waals surface area contributed by atoms with E-state index >= 15 is 0 Å². The highest BCUT2D eigenvalue weighted by Gasteiger charge is 2.09. The number of fused-ring (bicyclic) bond motifs is 1. The third-order valence-electron chi connectivity index (χ3n) is 4.61. The summed E-state index contributed by atoms with van der Waals surface area (Å²) in [5.74, 6) is 0. The number of hydrogen-bond donors (Lipinski definition) is 0. The van der Waals surface area contributed by atoms with E-state index in [0.717, 1.165) is 0 Å². The fraction of sp³-hybridized carbons (Fsp3) is 0.0833. The summed E-state index contributed by atoms with van der Waals surface area (Å²) in [5.41, 5.74) is 7.69. The van der Waals surface area contributed by atoms with Crippen LogP contribution in [0.4, 0.5) is 0 Å². The maximum Gasteiger partial charge on any atom is -0.00990 e. The van der Waals surface area contributed by atoms with Crippen LogP contribution in [0.3, 0.4) is 0 Å². The third-order valence-corrected chi connectivity index (χ3v) is 4.61. The van der Waals surface area contributed by atoms with Crippen LogP contribution in [0.15, 0.2) is 84.9 Å². The minimum atomic E-state index is 1.27. The minimum absolute atomic E-state index is 1.27. The van der Waals surface area contributed by atoms with Gasteiger partial charge >= 0.3 is 0 Å². The zero-order chi connectivity index (χ0) is 16.5. The average Bonchev–Trinajstić information content (AvgIpc) is 2.62. The maximum atomic E-state index is 2.31. The Hall–Kier alpha value is -2.86. The second kappa shape index (κ2) is 5.98. The van der Waals surface area contributed by atoms with Gasteiger partial charge in [-0.3, -0.25) is 0 Å². The smallest absolute Gasteiger partial charge is 0.00990 e. The molecule has 0 aliphatic heterocycles. The Kier molecular flexibility index (Phi) is 3.66. The van der Waals surface area contributed by atoms with Crippen molar-refractivity contribution in [2.45, 2.75) is 13.8 Å². The van der Waals surface area contributed by atoms with Crippen LogP contribution in [0.25, 0.3) is 33.0 Å². The van der Waals surface area contributed by atoms with Gasteiger partial charge in [0.1, 0.15) is 0 Å². The van der Waals surface area contributed by atoms with Crippen molar-refractivity contribution in [3.63, 3.8) is 0 Å². The Morgan fingerprint density at radius 1 is 0.458 bits per heavy atom. The summed E-state index contributed by atoms with van der Waals surface area (Å²) in [6.07, 6.45) is 0. The molecule has 4 aromatic carbocycles. The van der Waals surface area contributed by atoms with E-state index in [1.165, 1.54) is 44.2 Å². The van der Waals surface area contributed by atoms with E-state index in [9.17, 15) is 0 Å². The number of aryl methyl sites for hydroxylation is 2. The fourth-order valence-electron chi connectivity index (χ4n) is 3.18. The van der Waals surface area contributed by atoms with Crippen molar-refractivity contribution >= 4 is 10.8 Å². The molecule has 0 aliphatic carbocycles. The van der Waals surface area contributed by atoms with E-state index in [1.54, 1.807) is 0 Å². The molecule has 0 atom stereocenters. The average molecular weight is 308 g/mol. The van der Waals surface area contributed by atoms with Crippen LogP contribution in [0.5, 0.6) is 0 Å². The minimum Gasteiger partial charge on any atom is -0.0616 e. The molecule has 0 radical (unpaired) electrons. The molecule has 4 rings (SSSR count). The second-order valence-corrected chi connectivity index (χ2v) is 6.48. The van der Waals surface area contributed by atoms with Crippen molar-refractivity contribution in [3.05, 3.63) is 96.1 Å². The van der Waals surface area contributed by atoms with Crippen LogP contribution in [0, 0.1) is 13.8 Å². The quantitative estimate of drug-likeness (QED) is 0.382. The van der Waals surface area contributed by atoms with Gasteiger partial charge in [0.2, 0.25) is 0 Å². The molecule has 0 bridgehead atoms. The summed E-state index contributed by atoms with van der Waals surface area (Å²) in [6.45, 7) is 4.26. The predicted octanol–water partition coefficient (Wildman–Crippen LogP) is 6.79. The van der Waals surface area contributed by atoms with Gasteiger partial charge in [-0.15, -0.1) is 0 Å². The third kappa shape index (κ3) is 2.72. The van der Waals surface area contributed by atoms with Gasteiger partial charge in [0.05, 0.1) is 0 Å². The molecule has 0 spiro atoms. The zero-order valence-corrected chi connectivity index (χ0v) is 14.1. The summed E-state index contributed by atoms with van der Waals surface area (Å²) in [6, 6.07) is 30.8.